The Morgan fingerprint density at radius 3 is 2.16 bits per heavy atom. The van der Waals surface area contributed by atoms with E-state index in [4.69, 9.17) is 4.74 Å². The van der Waals surface area contributed by atoms with Crippen LogP contribution in [-0.2, 0) is 4.74 Å². The van der Waals surface area contributed by atoms with Crippen LogP contribution >= 0.6 is 0 Å². The third kappa shape index (κ3) is 1.18. The van der Waals surface area contributed by atoms with Gasteiger partial charge in [0, 0.05) is 0 Å². The predicted octanol–water partition coefficient (Wildman–Crippen LogP) is 4.46. The van der Waals surface area contributed by atoms with Gasteiger partial charge < -0.3 is 4.74 Å². The predicted molar refractivity (Wildman–Crippen MR) is 78.1 cm³/mol. The Morgan fingerprint density at radius 1 is 0.737 bits per heavy atom. The van der Waals surface area contributed by atoms with Crippen LogP contribution in [0.3, 0.4) is 0 Å². The molecule has 0 amide bonds. The van der Waals surface area contributed by atoms with Crippen molar-refractivity contribution in [1.82, 2.24) is 0 Å². The van der Waals surface area contributed by atoms with Crippen molar-refractivity contribution in [3.05, 3.63) is 65.7 Å². The first-order valence-corrected chi connectivity index (χ1v) is 6.70. The maximum absolute atomic E-state index is 5.77. The van der Waals surface area contributed by atoms with Crippen LogP contribution in [0.1, 0.15) is 17.2 Å². The lowest BCUT2D eigenvalue weighted by molar-refractivity contribution is 0.396. The fourth-order valence-corrected chi connectivity index (χ4v) is 3.38. The highest BCUT2D eigenvalue weighted by molar-refractivity contribution is 6.13. The maximum Gasteiger partial charge on any atom is 0.114 e. The van der Waals surface area contributed by atoms with Gasteiger partial charge in [-0.05, 0) is 32.7 Å². The van der Waals surface area contributed by atoms with Gasteiger partial charge in [-0.2, -0.15) is 0 Å². The summed E-state index contributed by atoms with van der Waals surface area (Å²) in [4.78, 5) is 0. The molecule has 1 heteroatoms. The van der Waals surface area contributed by atoms with Crippen molar-refractivity contribution in [2.24, 2.45) is 0 Å². The van der Waals surface area contributed by atoms with Crippen molar-refractivity contribution in [3.8, 4) is 0 Å². The van der Waals surface area contributed by atoms with Crippen LogP contribution in [0.5, 0.6) is 0 Å². The summed E-state index contributed by atoms with van der Waals surface area (Å²) in [6, 6.07) is 17.3. The summed E-state index contributed by atoms with van der Waals surface area (Å²) in [6.07, 6.45) is 5.00. The molecular formula is C18H12O. The average Bonchev–Trinajstić information content (AvgIpc) is 3.26. The molecule has 1 nitrogen and oxygen atoms in total. The molecule has 2 unspecified atom stereocenters. The zero-order chi connectivity index (χ0) is 12.4. The Morgan fingerprint density at radius 2 is 1.37 bits per heavy atom. The molecule has 0 radical (unpaired) electrons. The molecule has 1 aliphatic carbocycles. The molecule has 0 saturated carbocycles. The summed E-state index contributed by atoms with van der Waals surface area (Å²) in [6.45, 7) is 0. The Bertz CT molecular complexity index is 860. The summed E-state index contributed by atoms with van der Waals surface area (Å²) >= 11 is 0. The van der Waals surface area contributed by atoms with Gasteiger partial charge in [0.1, 0.15) is 12.2 Å². The first kappa shape index (κ1) is 9.76. The molecule has 1 fully saturated rings. The molecule has 2 aliphatic rings. The Hall–Kier alpha value is -2.12. The standard InChI is InChI=1S/C18H12O/c1-2-7-13-11(5-1)12-6-3-4-8-14(12)17-15(13)9-10-16-18(17)19-16/h1-10,16,18H. The van der Waals surface area contributed by atoms with E-state index in [9.17, 15) is 0 Å². The second-order valence-corrected chi connectivity index (χ2v) is 5.30. The normalized spacial score (nSPS) is 23.4. The number of rotatable bonds is 0. The molecule has 3 aromatic carbocycles. The van der Waals surface area contributed by atoms with Crippen LogP contribution in [0.15, 0.2) is 54.6 Å². The van der Waals surface area contributed by atoms with E-state index in [1.54, 1.807) is 0 Å². The van der Waals surface area contributed by atoms with Gasteiger partial charge >= 0.3 is 0 Å². The molecule has 0 aromatic heterocycles. The number of hydrogen-bond acceptors (Lipinski definition) is 1. The summed E-state index contributed by atoms with van der Waals surface area (Å²) < 4.78 is 5.77. The van der Waals surface area contributed by atoms with E-state index in [0.717, 1.165) is 0 Å². The second-order valence-electron chi connectivity index (χ2n) is 5.30. The third-order valence-electron chi connectivity index (χ3n) is 4.28. The van der Waals surface area contributed by atoms with E-state index in [-0.39, 0.29) is 6.10 Å². The van der Waals surface area contributed by atoms with Crippen LogP contribution in [0.2, 0.25) is 0 Å². The first-order chi connectivity index (χ1) is 9.43. The Kier molecular flexibility index (Phi) is 1.67. The molecule has 19 heavy (non-hydrogen) atoms. The minimum atomic E-state index is 0.273. The molecule has 2 atom stereocenters. The van der Waals surface area contributed by atoms with Crippen molar-refractivity contribution in [2.75, 3.05) is 0 Å². The molecule has 1 aliphatic heterocycles. The van der Waals surface area contributed by atoms with Gasteiger partial charge in [0.2, 0.25) is 0 Å². The highest BCUT2D eigenvalue weighted by Gasteiger charge is 2.42. The SMILES string of the molecule is C1=CC2OC2c2c1c1ccccc1c1ccccc21. The quantitative estimate of drug-likeness (QED) is 0.420. The monoisotopic (exact) mass is 244 g/mol. The van der Waals surface area contributed by atoms with Gasteiger partial charge in [-0.15, -0.1) is 0 Å². The van der Waals surface area contributed by atoms with E-state index < -0.39 is 0 Å². The number of hydrogen-bond donors (Lipinski definition) is 0. The van der Waals surface area contributed by atoms with Gasteiger partial charge in [0.05, 0.1) is 0 Å². The van der Waals surface area contributed by atoms with Crippen LogP contribution in [0.4, 0.5) is 0 Å². The highest BCUT2D eigenvalue weighted by atomic mass is 16.6. The molecule has 0 spiro atoms. The molecule has 0 N–H and O–H groups in total. The van der Waals surface area contributed by atoms with Crippen molar-refractivity contribution < 1.29 is 4.74 Å². The van der Waals surface area contributed by atoms with Crippen LogP contribution in [0.25, 0.3) is 27.6 Å². The Balaban J connectivity index is 2.10. The molecule has 90 valence electrons. The molecule has 0 bridgehead atoms. The summed E-state index contributed by atoms with van der Waals surface area (Å²) in [7, 11) is 0. The lowest BCUT2D eigenvalue weighted by Crippen LogP contribution is -1.98. The molecule has 3 aromatic rings. The second kappa shape index (κ2) is 3.25. The summed E-state index contributed by atoms with van der Waals surface area (Å²) in [5, 5.41) is 5.34. The fraction of sp³-hybridized carbons (Fsp3) is 0.111. The van der Waals surface area contributed by atoms with Gasteiger partial charge in [0.15, 0.2) is 0 Å². The van der Waals surface area contributed by atoms with E-state index in [2.05, 4.69) is 60.7 Å². The first-order valence-electron chi connectivity index (χ1n) is 6.70. The van der Waals surface area contributed by atoms with E-state index in [1.807, 2.05) is 0 Å². The third-order valence-corrected chi connectivity index (χ3v) is 4.28. The number of fused-ring (bicyclic) bond motifs is 8. The molecular weight excluding hydrogens is 232 g/mol. The molecule has 1 saturated heterocycles. The summed E-state index contributed by atoms with van der Waals surface area (Å²) in [5.41, 5.74) is 2.72. The van der Waals surface area contributed by atoms with Gasteiger partial charge in [0.25, 0.3) is 0 Å². The minimum Gasteiger partial charge on any atom is -0.360 e. The van der Waals surface area contributed by atoms with Crippen LogP contribution in [-0.4, -0.2) is 6.10 Å². The smallest absolute Gasteiger partial charge is 0.114 e. The van der Waals surface area contributed by atoms with Gasteiger partial charge in [-0.3, -0.25) is 0 Å². The lowest BCUT2D eigenvalue weighted by atomic mass is 9.87. The fourth-order valence-electron chi connectivity index (χ4n) is 3.38. The van der Waals surface area contributed by atoms with E-state index >= 15 is 0 Å². The summed E-state index contributed by atoms with van der Waals surface area (Å²) in [5.74, 6) is 0. The molecule has 5 rings (SSSR count). The average molecular weight is 244 g/mol. The zero-order valence-electron chi connectivity index (χ0n) is 10.3. The van der Waals surface area contributed by atoms with Gasteiger partial charge in [-0.1, -0.05) is 60.7 Å². The van der Waals surface area contributed by atoms with Crippen molar-refractivity contribution in [1.29, 1.82) is 0 Å². The van der Waals surface area contributed by atoms with Crippen LogP contribution < -0.4 is 0 Å². The lowest BCUT2D eigenvalue weighted by Gasteiger charge is -2.15. The van der Waals surface area contributed by atoms with E-state index in [0.29, 0.717) is 6.10 Å². The Labute approximate surface area is 111 Å². The van der Waals surface area contributed by atoms with Crippen molar-refractivity contribution in [3.63, 3.8) is 0 Å². The number of epoxide rings is 1. The van der Waals surface area contributed by atoms with Crippen molar-refractivity contribution >= 4 is 27.6 Å². The maximum atomic E-state index is 5.77. The zero-order valence-corrected chi connectivity index (χ0v) is 10.3. The number of benzene rings is 3. The largest absolute Gasteiger partial charge is 0.360 e. The topological polar surface area (TPSA) is 12.5 Å². The number of ether oxygens (including phenoxy) is 1. The van der Waals surface area contributed by atoms with E-state index in [1.165, 1.54) is 32.7 Å². The van der Waals surface area contributed by atoms with Crippen LogP contribution in [0, 0.1) is 0 Å². The highest BCUT2D eigenvalue weighted by Crippen LogP contribution is 2.50. The molecule has 1 heterocycles. The van der Waals surface area contributed by atoms with Gasteiger partial charge in [-0.25, -0.2) is 0 Å². The minimum absolute atomic E-state index is 0.273. The van der Waals surface area contributed by atoms with Crippen molar-refractivity contribution in [2.45, 2.75) is 12.2 Å².